The van der Waals surface area contributed by atoms with E-state index in [4.69, 9.17) is 14.5 Å². The van der Waals surface area contributed by atoms with Crippen LogP contribution < -0.4 is 9.47 Å². The van der Waals surface area contributed by atoms with Gasteiger partial charge in [0.2, 0.25) is 0 Å². The predicted octanol–water partition coefficient (Wildman–Crippen LogP) is 4.95. The fourth-order valence-electron chi connectivity index (χ4n) is 3.19. The lowest BCUT2D eigenvalue weighted by Crippen LogP contribution is -1.97. The molecular formula is C21H16FN3O2S. The molecule has 2 heterocycles. The molecule has 28 heavy (non-hydrogen) atoms. The molecule has 0 atom stereocenters. The van der Waals surface area contributed by atoms with Gasteiger partial charge >= 0.3 is 0 Å². The Kier molecular flexibility index (Phi) is 4.72. The minimum atomic E-state index is -0.312. The van der Waals surface area contributed by atoms with Crippen molar-refractivity contribution >= 4 is 16.3 Å². The first-order valence-electron chi connectivity index (χ1n) is 8.50. The van der Waals surface area contributed by atoms with Crippen LogP contribution in [-0.4, -0.2) is 23.6 Å². The van der Waals surface area contributed by atoms with Crippen LogP contribution in [0.15, 0.2) is 47.8 Å². The highest BCUT2D eigenvalue weighted by molar-refractivity contribution is 7.15. The average molecular weight is 393 g/mol. The summed E-state index contributed by atoms with van der Waals surface area (Å²) in [6, 6.07) is 13.9. The highest BCUT2D eigenvalue weighted by atomic mass is 32.1. The lowest BCUT2D eigenvalue weighted by atomic mass is 10.1. The van der Waals surface area contributed by atoms with Gasteiger partial charge in [-0.3, -0.25) is 4.40 Å². The second-order valence-corrected chi connectivity index (χ2v) is 6.89. The second kappa shape index (κ2) is 7.33. The maximum atomic E-state index is 13.3. The van der Waals surface area contributed by atoms with E-state index in [-0.39, 0.29) is 12.2 Å². The SMILES string of the molecule is COc1ccc(OC)c(-c2csc3nc(-c4ccc(F)cc4)c(CC#N)n23)c1. The third-order valence-corrected chi connectivity index (χ3v) is 5.33. The zero-order valence-corrected chi connectivity index (χ0v) is 16.1. The van der Waals surface area contributed by atoms with Crippen LogP contribution in [0.25, 0.3) is 27.5 Å². The number of imidazole rings is 1. The summed E-state index contributed by atoms with van der Waals surface area (Å²) in [6.45, 7) is 0. The van der Waals surface area contributed by atoms with Gasteiger partial charge in [-0.2, -0.15) is 5.26 Å². The molecule has 0 amide bonds. The van der Waals surface area contributed by atoms with E-state index >= 15 is 0 Å². The van der Waals surface area contributed by atoms with E-state index in [0.717, 1.165) is 27.5 Å². The Morgan fingerprint density at radius 1 is 1.14 bits per heavy atom. The van der Waals surface area contributed by atoms with Crippen molar-refractivity contribution in [3.8, 4) is 40.1 Å². The summed E-state index contributed by atoms with van der Waals surface area (Å²) in [4.78, 5) is 5.47. The Morgan fingerprint density at radius 3 is 2.61 bits per heavy atom. The molecule has 0 radical (unpaired) electrons. The number of ether oxygens (including phenoxy) is 2. The van der Waals surface area contributed by atoms with Gasteiger partial charge in [-0.1, -0.05) is 0 Å². The molecule has 0 spiro atoms. The summed E-state index contributed by atoms with van der Waals surface area (Å²) in [5.74, 6) is 1.09. The number of thiazole rings is 1. The van der Waals surface area contributed by atoms with Gasteiger partial charge < -0.3 is 9.47 Å². The van der Waals surface area contributed by atoms with Crippen LogP contribution in [0.2, 0.25) is 0 Å². The molecular weight excluding hydrogens is 377 g/mol. The first-order chi connectivity index (χ1) is 13.7. The van der Waals surface area contributed by atoms with Crippen molar-refractivity contribution in [1.82, 2.24) is 9.38 Å². The highest BCUT2D eigenvalue weighted by Gasteiger charge is 2.20. The van der Waals surface area contributed by atoms with Crippen molar-refractivity contribution in [3.05, 3.63) is 59.4 Å². The van der Waals surface area contributed by atoms with Crippen molar-refractivity contribution in [2.75, 3.05) is 14.2 Å². The van der Waals surface area contributed by atoms with E-state index in [1.807, 2.05) is 28.0 Å². The summed E-state index contributed by atoms with van der Waals surface area (Å²) < 4.78 is 26.2. The summed E-state index contributed by atoms with van der Waals surface area (Å²) in [6.07, 6.45) is 0.171. The molecule has 0 bridgehead atoms. The smallest absolute Gasteiger partial charge is 0.195 e. The summed E-state index contributed by atoms with van der Waals surface area (Å²) >= 11 is 1.47. The molecule has 4 rings (SSSR count). The minimum Gasteiger partial charge on any atom is -0.497 e. The van der Waals surface area contributed by atoms with Crippen LogP contribution in [-0.2, 0) is 6.42 Å². The summed E-state index contributed by atoms with van der Waals surface area (Å²) in [5, 5.41) is 11.4. The highest BCUT2D eigenvalue weighted by Crippen LogP contribution is 2.38. The Labute approximate surface area is 165 Å². The van der Waals surface area contributed by atoms with Crippen LogP contribution in [0.5, 0.6) is 11.5 Å². The fraction of sp³-hybridized carbons (Fsp3) is 0.143. The van der Waals surface area contributed by atoms with Gasteiger partial charge in [-0.25, -0.2) is 9.37 Å². The average Bonchev–Trinajstić information content (AvgIpc) is 3.28. The zero-order valence-electron chi connectivity index (χ0n) is 15.3. The molecule has 0 saturated carbocycles. The van der Waals surface area contributed by atoms with Crippen LogP contribution in [0.1, 0.15) is 5.69 Å². The molecule has 2 aromatic carbocycles. The number of hydrogen-bond acceptors (Lipinski definition) is 5. The molecule has 0 aliphatic carbocycles. The van der Waals surface area contributed by atoms with Crippen LogP contribution in [0.4, 0.5) is 4.39 Å². The first-order valence-corrected chi connectivity index (χ1v) is 9.38. The lowest BCUT2D eigenvalue weighted by Gasteiger charge is -2.11. The topological polar surface area (TPSA) is 59.5 Å². The molecule has 4 aromatic rings. The minimum absolute atomic E-state index is 0.171. The van der Waals surface area contributed by atoms with Gasteiger partial charge in [0, 0.05) is 16.5 Å². The van der Waals surface area contributed by atoms with Crippen LogP contribution >= 0.6 is 11.3 Å². The molecule has 7 heteroatoms. The van der Waals surface area contributed by atoms with Gasteiger partial charge in [0.1, 0.15) is 17.3 Å². The summed E-state index contributed by atoms with van der Waals surface area (Å²) in [5.41, 5.74) is 3.91. The van der Waals surface area contributed by atoms with E-state index in [9.17, 15) is 9.65 Å². The molecule has 5 nitrogen and oxygen atoms in total. The van der Waals surface area contributed by atoms with E-state index < -0.39 is 0 Å². The van der Waals surface area contributed by atoms with E-state index in [1.165, 1.54) is 23.5 Å². The predicted molar refractivity (Wildman–Crippen MR) is 106 cm³/mol. The van der Waals surface area contributed by atoms with Gasteiger partial charge in [0.05, 0.1) is 43.8 Å². The Bertz CT molecular complexity index is 1190. The first kappa shape index (κ1) is 18.0. The van der Waals surface area contributed by atoms with Crippen molar-refractivity contribution in [3.63, 3.8) is 0 Å². The molecule has 0 N–H and O–H groups in total. The number of fused-ring (bicyclic) bond motifs is 1. The van der Waals surface area contributed by atoms with Crippen LogP contribution in [0, 0.1) is 17.1 Å². The zero-order chi connectivity index (χ0) is 19.7. The fourth-order valence-corrected chi connectivity index (χ4v) is 4.10. The molecule has 0 aliphatic heterocycles. The van der Waals surface area contributed by atoms with E-state index in [2.05, 4.69) is 6.07 Å². The molecule has 140 valence electrons. The van der Waals surface area contributed by atoms with Crippen LogP contribution in [0.3, 0.4) is 0 Å². The maximum absolute atomic E-state index is 13.3. The number of nitrogens with zero attached hydrogens (tertiary/aromatic N) is 3. The van der Waals surface area contributed by atoms with Crippen molar-refractivity contribution in [2.45, 2.75) is 6.42 Å². The Balaban J connectivity index is 1.97. The van der Waals surface area contributed by atoms with Crippen molar-refractivity contribution < 1.29 is 13.9 Å². The maximum Gasteiger partial charge on any atom is 0.195 e. The number of halogens is 1. The Hall–Kier alpha value is -3.37. The number of hydrogen-bond donors (Lipinski definition) is 0. The largest absolute Gasteiger partial charge is 0.497 e. The number of aromatic nitrogens is 2. The number of rotatable bonds is 5. The van der Waals surface area contributed by atoms with Gasteiger partial charge in [0.15, 0.2) is 4.96 Å². The lowest BCUT2D eigenvalue weighted by molar-refractivity contribution is 0.404. The number of methoxy groups -OCH3 is 2. The van der Waals surface area contributed by atoms with Gasteiger partial charge in [-0.05, 0) is 42.5 Å². The van der Waals surface area contributed by atoms with Crippen molar-refractivity contribution in [1.29, 1.82) is 5.26 Å². The Morgan fingerprint density at radius 2 is 1.93 bits per heavy atom. The standard InChI is InChI=1S/C21H16FN3O2S/c1-26-15-7-8-19(27-2)16(11-15)18-12-28-21-24-20(17(9-10-23)25(18)21)13-3-5-14(22)6-4-13/h3-8,11-12H,9H2,1-2H3. The number of nitriles is 1. The van der Waals surface area contributed by atoms with Gasteiger partial charge in [-0.15, -0.1) is 11.3 Å². The third kappa shape index (κ3) is 2.98. The van der Waals surface area contributed by atoms with E-state index in [1.54, 1.807) is 26.4 Å². The number of benzene rings is 2. The molecule has 2 aromatic heterocycles. The second-order valence-electron chi connectivity index (χ2n) is 6.05. The molecule has 0 aliphatic rings. The summed E-state index contributed by atoms with van der Waals surface area (Å²) in [7, 11) is 3.22. The van der Waals surface area contributed by atoms with Crippen molar-refractivity contribution in [2.24, 2.45) is 0 Å². The monoisotopic (exact) mass is 393 g/mol. The van der Waals surface area contributed by atoms with Gasteiger partial charge in [0.25, 0.3) is 0 Å². The molecule has 0 unspecified atom stereocenters. The molecule has 0 fully saturated rings. The normalized spacial score (nSPS) is 10.8. The molecule has 0 saturated heterocycles. The quantitative estimate of drug-likeness (QED) is 0.481. The third-order valence-electron chi connectivity index (χ3n) is 4.51. The van der Waals surface area contributed by atoms with E-state index in [0.29, 0.717) is 17.2 Å².